The smallest absolute Gasteiger partial charge is 0.128 e. The molecule has 0 bridgehead atoms. The Labute approximate surface area is 114 Å². The summed E-state index contributed by atoms with van der Waals surface area (Å²) in [5.41, 5.74) is 1.18. The van der Waals surface area contributed by atoms with Crippen LogP contribution >= 0.6 is 0 Å². The Balaban J connectivity index is 1.82. The van der Waals surface area contributed by atoms with Crippen molar-refractivity contribution in [2.45, 2.75) is 26.8 Å². The lowest BCUT2D eigenvalue weighted by Gasteiger charge is -2.08. The summed E-state index contributed by atoms with van der Waals surface area (Å²) in [6, 6.07) is 5.97. The van der Waals surface area contributed by atoms with Gasteiger partial charge >= 0.3 is 0 Å². The fourth-order valence-corrected chi connectivity index (χ4v) is 1.77. The van der Waals surface area contributed by atoms with Crippen LogP contribution in [0.3, 0.4) is 0 Å². The first-order chi connectivity index (χ1) is 9.28. The quantitative estimate of drug-likeness (QED) is 0.802. The molecule has 0 aliphatic rings. The lowest BCUT2D eigenvalue weighted by atomic mass is 10.4. The van der Waals surface area contributed by atoms with Gasteiger partial charge in [-0.3, -0.25) is 4.68 Å². The maximum Gasteiger partial charge on any atom is 0.128 e. The average Bonchev–Trinajstić information content (AvgIpc) is 2.83. The van der Waals surface area contributed by atoms with Crippen molar-refractivity contribution in [1.82, 2.24) is 14.8 Å². The van der Waals surface area contributed by atoms with Crippen molar-refractivity contribution in [1.29, 1.82) is 0 Å². The SMILES string of the molecule is CCCNc1cccc(NCCn2cc(C)cn2)n1. The maximum atomic E-state index is 4.49. The highest BCUT2D eigenvalue weighted by Crippen LogP contribution is 2.08. The molecule has 0 radical (unpaired) electrons. The summed E-state index contributed by atoms with van der Waals surface area (Å²) in [6.45, 7) is 6.78. The Bertz CT molecular complexity index is 506. The lowest BCUT2D eigenvalue weighted by molar-refractivity contribution is 0.637. The van der Waals surface area contributed by atoms with Crippen LogP contribution < -0.4 is 10.6 Å². The third-order valence-electron chi connectivity index (χ3n) is 2.71. The van der Waals surface area contributed by atoms with Crippen LogP contribution in [-0.4, -0.2) is 27.9 Å². The van der Waals surface area contributed by atoms with Crippen LogP contribution in [0.4, 0.5) is 11.6 Å². The monoisotopic (exact) mass is 259 g/mol. The molecular formula is C14H21N5. The molecule has 0 aliphatic carbocycles. The van der Waals surface area contributed by atoms with Crippen LogP contribution in [-0.2, 0) is 6.54 Å². The van der Waals surface area contributed by atoms with E-state index >= 15 is 0 Å². The molecule has 5 heteroatoms. The van der Waals surface area contributed by atoms with Crippen molar-refractivity contribution in [2.75, 3.05) is 23.7 Å². The van der Waals surface area contributed by atoms with Gasteiger partial charge in [0.15, 0.2) is 0 Å². The van der Waals surface area contributed by atoms with E-state index in [1.807, 2.05) is 42.2 Å². The first kappa shape index (κ1) is 13.4. The van der Waals surface area contributed by atoms with E-state index in [0.717, 1.165) is 37.7 Å². The second-order valence-electron chi connectivity index (χ2n) is 4.54. The molecule has 0 spiro atoms. The molecule has 0 unspecified atom stereocenters. The largest absolute Gasteiger partial charge is 0.370 e. The van der Waals surface area contributed by atoms with E-state index in [1.54, 1.807) is 0 Å². The van der Waals surface area contributed by atoms with Crippen LogP contribution in [0.2, 0.25) is 0 Å². The number of hydrogen-bond acceptors (Lipinski definition) is 4. The molecule has 0 atom stereocenters. The van der Waals surface area contributed by atoms with Gasteiger partial charge in [0.1, 0.15) is 11.6 Å². The normalized spacial score (nSPS) is 10.4. The van der Waals surface area contributed by atoms with Crippen LogP contribution in [0.5, 0.6) is 0 Å². The van der Waals surface area contributed by atoms with E-state index in [4.69, 9.17) is 0 Å². The number of hydrogen-bond donors (Lipinski definition) is 2. The number of anilines is 2. The zero-order valence-electron chi connectivity index (χ0n) is 11.6. The Morgan fingerprint density at radius 1 is 1.16 bits per heavy atom. The standard InChI is InChI=1S/C14H21N5/c1-3-7-15-13-5-4-6-14(18-13)16-8-9-19-11-12(2)10-17-19/h4-6,10-11H,3,7-9H2,1-2H3,(H2,15,16,18). The highest BCUT2D eigenvalue weighted by Gasteiger charge is 1.97. The molecule has 0 amide bonds. The molecule has 0 saturated carbocycles. The van der Waals surface area contributed by atoms with Gasteiger partial charge < -0.3 is 10.6 Å². The Kier molecular flexibility index (Phi) is 4.78. The maximum absolute atomic E-state index is 4.49. The predicted octanol–water partition coefficient (Wildman–Crippen LogP) is 2.52. The molecule has 0 aliphatic heterocycles. The summed E-state index contributed by atoms with van der Waals surface area (Å²) >= 11 is 0. The molecule has 2 heterocycles. The van der Waals surface area contributed by atoms with Gasteiger partial charge in [-0.25, -0.2) is 4.98 Å². The van der Waals surface area contributed by atoms with Crippen molar-refractivity contribution in [2.24, 2.45) is 0 Å². The minimum Gasteiger partial charge on any atom is -0.370 e. The van der Waals surface area contributed by atoms with E-state index in [2.05, 4.69) is 27.6 Å². The van der Waals surface area contributed by atoms with E-state index in [9.17, 15) is 0 Å². The number of aryl methyl sites for hydroxylation is 1. The lowest BCUT2D eigenvalue weighted by Crippen LogP contribution is -2.12. The number of rotatable bonds is 7. The first-order valence-electron chi connectivity index (χ1n) is 6.72. The first-order valence-corrected chi connectivity index (χ1v) is 6.72. The molecule has 0 fully saturated rings. The summed E-state index contributed by atoms with van der Waals surface area (Å²) in [7, 11) is 0. The molecule has 0 aromatic carbocycles. The Morgan fingerprint density at radius 3 is 2.53 bits per heavy atom. The van der Waals surface area contributed by atoms with Crippen molar-refractivity contribution in [3.63, 3.8) is 0 Å². The minimum absolute atomic E-state index is 0.811. The molecule has 102 valence electrons. The van der Waals surface area contributed by atoms with Gasteiger partial charge in [0.2, 0.25) is 0 Å². The number of nitrogens with one attached hydrogen (secondary N) is 2. The van der Waals surface area contributed by atoms with Gasteiger partial charge in [-0.2, -0.15) is 5.10 Å². The van der Waals surface area contributed by atoms with Gasteiger partial charge in [-0.05, 0) is 31.0 Å². The molecule has 19 heavy (non-hydrogen) atoms. The minimum atomic E-state index is 0.811. The topological polar surface area (TPSA) is 54.8 Å². The van der Waals surface area contributed by atoms with Gasteiger partial charge in [-0.15, -0.1) is 0 Å². The summed E-state index contributed by atoms with van der Waals surface area (Å²) < 4.78 is 1.93. The Morgan fingerprint density at radius 2 is 1.89 bits per heavy atom. The summed E-state index contributed by atoms with van der Waals surface area (Å²) in [5, 5.41) is 10.8. The van der Waals surface area contributed by atoms with Gasteiger partial charge in [-0.1, -0.05) is 13.0 Å². The predicted molar refractivity (Wildman–Crippen MR) is 78.5 cm³/mol. The van der Waals surface area contributed by atoms with E-state index < -0.39 is 0 Å². The van der Waals surface area contributed by atoms with Crippen LogP contribution in [0.15, 0.2) is 30.6 Å². The zero-order chi connectivity index (χ0) is 13.5. The summed E-state index contributed by atoms with van der Waals surface area (Å²) in [4.78, 5) is 4.49. The number of aromatic nitrogens is 3. The molecule has 5 nitrogen and oxygen atoms in total. The van der Waals surface area contributed by atoms with Gasteiger partial charge in [0.25, 0.3) is 0 Å². The summed E-state index contributed by atoms with van der Waals surface area (Å²) in [5.74, 6) is 1.81. The highest BCUT2D eigenvalue weighted by atomic mass is 15.3. The third-order valence-corrected chi connectivity index (χ3v) is 2.71. The molecule has 2 aromatic heterocycles. The van der Waals surface area contributed by atoms with Crippen molar-refractivity contribution < 1.29 is 0 Å². The second-order valence-corrected chi connectivity index (χ2v) is 4.54. The van der Waals surface area contributed by atoms with Gasteiger partial charge in [0, 0.05) is 19.3 Å². The van der Waals surface area contributed by atoms with E-state index in [1.165, 1.54) is 5.56 Å². The molecule has 0 saturated heterocycles. The number of nitrogens with zero attached hydrogens (tertiary/aromatic N) is 3. The third kappa shape index (κ3) is 4.28. The number of pyridine rings is 1. The average molecular weight is 259 g/mol. The van der Waals surface area contributed by atoms with Gasteiger partial charge in [0.05, 0.1) is 12.7 Å². The van der Waals surface area contributed by atoms with Crippen LogP contribution in [0.1, 0.15) is 18.9 Å². The highest BCUT2D eigenvalue weighted by molar-refractivity contribution is 5.44. The second kappa shape index (κ2) is 6.78. The summed E-state index contributed by atoms with van der Waals surface area (Å²) in [6.07, 6.45) is 5.00. The molecule has 2 aromatic rings. The van der Waals surface area contributed by atoms with Crippen LogP contribution in [0.25, 0.3) is 0 Å². The zero-order valence-corrected chi connectivity index (χ0v) is 11.6. The molecular weight excluding hydrogens is 238 g/mol. The van der Waals surface area contributed by atoms with Crippen molar-refractivity contribution in [3.8, 4) is 0 Å². The molecule has 2 N–H and O–H groups in total. The van der Waals surface area contributed by atoms with Crippen LogP contribution in [0, 0.1) is 6.92 Å². The molecule has 2 rings (SSSR count). The van der Waals surface area contributed by atoms with Crippen molar-refractivity contribution >= 4 is 11.6 Å². The van der Waals surface area contributed by atoms with Crippen molar-refractivity contribution in [3.05, 3.63) is 36.2 Å². The fraction of sp³-hybridized carbons (Fsp3) is 0.429. The van der Waals surface area contributed by atoms with E-state index in [-0.39, 0.29) is 0 Å². The van der Waals surface area contributed by atoms with E-state index in [0.29, 0.717) is 0 Å². The fourth-order valence-electron chi connectivity index (χ4n) is 1.77. The Hall–Kier alpha value is -2.04.